The van der Waals surface area contributed by atoms with E-state index < -0.39 is 9.84 Å². The average Bonchev–Trinajstić information content (AvgIpc) is 2.37. The summed E-state index contributed by atoms with van der Waals surface area (Å²) in [4.78, 5) is 13.5. The summed E-state index contributed by atoms with van der Waals surface area (Å²) in [6.45, 7) is 4.80. The number of methoxy groups -OCH3 is 1. The lowest BCUT2D eigenvalue weighted by Crippen LogP contribution is -2.43. The Morgan fingerprint density at radius 3 is 2.63 bits per heavy atom. The monoisotopic (exact) mass is 291 g/mol. The average molecular weight is 291 g/mol. The first-order chi connectivity index (χ1) is 8.86. The van der Waals surface area contributed by atoms with Crippen LogP contribution in [0.15, 0.2) is 0 Å². The Balaban J connectivity index is 2.56. The first kappa shape index (κ1) is 16.4. The molecule has 0 N–H and O–H groups in total. The molecule has 1 aliphatic rings. The van der Waals surface area contributed by atoms with Gasteiger partial charge >= 0.3 is 5.97 Å². The second-order valence-corrected chi connectivity index (χ2v) is 8.06. The number of hydrogen-bond donors (Lipinski definition) is 0. The quantitative estimate of drug-likeness (QED) is 0.689. The van der Waals surface area contributed by atoms with Gasteiger partial charge in [-0.2, -0.15) is 0 Å². The number of esters is 1. The number of sulfone groups is 1. The van der Waals surface area contributed by atoms with E-state index in [-0.39, 0.29) is 23.0 Å². The molecule has 19 heavy (non-hydrogen) atoms. The molecule has 1 saturated heterocycles. The Morgan fingerprint density at radius 2 is 2.05 bits per heavy atom. The van der Waals surface area contributed by atoms with Gasteiger partial charge < -0.3 is 4.74 Å². The van der Waals surface area contributed by atoms with Gasteiger partial charge in [0.15, 0.2) is 9.84 Å². The van der Waals surface area contributed by atoms with E-state index in [0.717, 1.165) is 25.8 Å². The van der Waals surface area contributed by atoms with E-state index in [1.807, 2.05) is 0 Å². The molecule has 0 aromatic rings. The zero-order chi connectivity index (χ0) is 14.5. The molecule has 5 nitrogen and oxygen atoms in total. The van der Waals surface area contributed by atoms with Crippen molar-refractivity contribution >= 4 is 15.8 Å². The van der Waals surface area contributed by atoms with Crippen molar-refractivity contribution < 1.29 is 17.9 Å². The van der Waals surface area contributed by atoms with Crippen LogP contribution in [-0.4, -0.2) is 56.5 Å². The summed E-state index contributed by atoms with van der Waals surface area (Å²) >= 11 is 0. The van der Waals surface area contributed by atoms with Crippen LogP contribution in [0.2, 0.25) is 0 Å². The molecule has 1 rings (SSSR count). The number of nitrogens with zero attached hydrogens (tertiary/aromatic N) is 1. The maximum Gasteiger partial charge on any atom is 0.307 e. The highest BCUT2D eigenvalue weighted by atomic mass is 32.2. The highest BCUT2D eigenvalue weighted by Gasteiger charge is 2.26. The summed E-state index contributed by atoms with van der Waals surface area (Å²) in [5, 5.41) is -0.337. The third-order valence-corrected chi connectivity index (χ3v) is 5.95. The largest absolute Gasteiger partial charge is 0.469 e. The van der Waals surface area contributed by atoms with Crippen LogP contribution in [0.3, 0.4) is 0 Å². The van der Waals surface area contributed by atoms with Crippen LogP contribution in [0, 0.1) is 0 Å². The van der Waals surface area contributed by atoms with Crippen LogP contribution >= 0.6 is 0 Å². The SMILES string of the molecule is COC(=O)CC1CCCCN1CCS(=O)(=O)C(C)C. The molecule has 0 radical (unpaired) electrons. The van der Waals surface area contributed by atoms with E-state index in [1.165, 1.54) is 7.11 Å². The van der Waals surface area contributed by atoms with Crippen molar-refractivity contribution in [1.82, 2.24) is 4.90 Å². The van der Waals surface area contributed by atoms with Crippen LogP contribution in [0.25, 0.3) is 0 Å². The van der Waals surface area contributed by atoms with Gasteiger partial charge in [-0.15, -0.1) is 0 Å². The van der Waals surface area contributed by atoms with Gasteiger partial charge in [0.25, 0.3) is 0 Å². The standard InChI is InChI=1S/C13H25NO4S/c1-11(2)19(16,17)9-8-14-7-5-4-6-12(14)10-13(15)18-3/h11-12H,4-10H2,1-3H3. The Kier molecular flexibility index (Phi) is 6.26. The molecule has 1 atom stereocenters. The highest BCUT2D eigenvalue weighted by molar-refractivity contribution is 7.92. The molecule has 0 amide bonds. The van der Waals surface area contributed by atoms with Crippen molar-refractivity contribution in [2.45, 2.75) is 50.8 Å². The zero-order valence-corrected chi connectivity index (χ0v) is 12.9. The van der Waals surface area contributed by atoms with Gasteiger partial charge in [-0.25, -0.2) is 8.42 Å². The normalized spacial score (nSPS) is 21.6. The van der Waals surface area contributed by atoms with E-state index in [4.69, 9.17) is 4.74 Å². The van der Waals surface area contributed by atoms with Gasteiger partial charge in [-0.3, -0.25) is 9.69 Å². The number of carbonyl (C=O) groups excluding carboxylic acids is 1. The second-order valence-electron chi connectivity index (χ2n) is 5.38. The molecule has 112 valence electrons. The molecule has 6 heteroatoms. The van der Waals surface area contributed by atoms with Crippen LogP contribution < -0.4 is 0 Å². The predicted molar refractivity (Wildman–Crippen MR) is 74.8 cm³/mol. The zero-order valence-electron chi connectivity index (χ0n) is 12.1. The highest BCUT2D eigenvalue weighted by Crippen LogP contribution is 2.20. The maximum atomic E-state index is 11.8. The Morgan fingerprint density at radius 1 is 1.37 bits per heavy atom. The number of hydrogen-bond acceptors (Lipinski definition) is 5. The summed E-state index contributed by atoms with van der Waals surface area (Å²) in [6.07, 6.45) is 3.46. The molecule has 1 heterocycles. The van der Waals surface area contributed by atoms with Crippen LogP contribution in [0.5, 0.6) is 0 Å². The van der Waals surface area contributed by atoms with E-state index in [2.05, 4.69) is 4.90 Å². The van der Waals surface area contributed by atoms with Gasteiger partial charge in [0.2, 0.25) is 0 Å². The summed E-state index contributed by atoms with van der Waals surface area (Å²) in [7, 11) is -1.63. The van der Waals surface area contributed by atoms with Crippen molar-refractivity contribution in [2.75, 3.05) is 26.0 Å². The van der Waals surface area contributed by atoms with Gasteiger partial charge in [0.05, 0.1) is 24.5 Å². The lowest BCUT2D eigenvalue weighted by atomic mass is 9.99. The van der Waals surface area contributed by atoms with Crippen molar-refractivity contribution in [3.05, 3.63) is 0 Å². The lowest BCUT2D eigenvalue weighted by molar-refractivity contribution is -0.142. The van der Waals surface area contributed by atoms with Crippen LogP contribution in [0.4, 0.5) is 0 Å². The number of carbonyl (C=O) groups is 1. The molecule has 1 aliphatic heterocycles. The maximum absolute atomic E-state index is 11.8. The van der Waals surface area contributed by atoms with Crippen LogP contribution in [0.1, 0.15) is 39.5 Å². The van der Waals surface area contributed by atoms with Crippen LogP contribution in [-0.2, 0) is 19.4 Å². The first-order valence-corrected chi connectivity index (χ1v) is 8.61. The number of rotatable bonds is 6. The fourth-order valence-corrected chi connectivity index (χ4v) is 3.30. The molecule has 0 aromatic carbocycles. The summed E-state index contributed by atoms with van der Waals surface area (Å²) < 4.78 is 28.4. The minimum absolute atomic E-state index is 0.128. The minimum Gasteiger partial charge on any atom is -0.469 e. The van der Waals surface area contributed by atoms with Crippen molar-refractivity contribution in [3.8, 4) is 0 Å². The molecular weight excluding hydrogens is 266 g/mol. The number of piperidine rings is 1. The second kappa shape index (κ2) is 7.24. The first-order valence-electron chi connectivity index (χ1n) is 6.89. The van der Waals surface area contributed by atoms with E-state index in [9.17, 15) is 13.2 Å². The van der Waals surface area contributed by atoms with Crippen molar-refractivity contribution in [1.29, 1.82) is 0 Å². The fourth-order valence-electron chi connectivity index (χ4n) is 2.34. The van der Waals surface area contributed by atoms with Gasteiger partial charge in [-0.05, 0) is 33.2 Å². The molecule has 0 aliphatic carbocycles. The molecule has 0 saturated carbocycles. The molecule has 1 fully saturated rings. The van der Waals surface area contributed by atoms with Crippen molar-refractivity contribution in [3.63, 3.8) is 0 Å². The third kappa shape index (κ3) is 5.10. The fraction of sp³-hybridized carbons (Fsp3) is 0.923. The van der Waals surface area contributed by atoms with E-state index in [0.29, 0.717) is 13.0 Å². The Bertz CT molecular complexity index is 391. The molecular formula is C13H25NO4S. The van der Waals surface area contributed by atoms with Crippen molar-refractivity contribution in [2.24, 2.45) is 0 Å². The molecule has 0 aromatic heterocycles. The Labute approximate surface area is 116 Å². The Hall–Kier alpha value is -0.620. The van der Waals surface area contributed by atoms with Gasteiger partial charge in [0.1, 0.15) is 0 Å². The van der Waals surface area contributed by atoms with Gasteiger partial charge in [-0.1, -0.05) is 6.42 Å². The van der Waals surface area contributed by atoms with E-state index in [1.54, 1.807) is 13.8 Å². The molecule has 1 unspecified atom stereocenters. The van der Waals surface area contributed by atoms with Gasteiger partial charge in [0, 0.05) is 12.6 Å². The summed E-state index contributed by atoms with van der Waals surface area (Å²) in [6, 6.07) is 0.128. The number of likely N-dealkylation sites (tertiary alicyclic amines) is 1. The topological polar surface area (TPSA) is 63.7 Å². The summed E-state index contributed by atoms with van der Waals surface area (Å²) in [5.41, 5.74) is 0. The lowest BCUT2D eigenvalue weighted by Gasteiger charge is -2.35. The molecule has 0 spiro atoms. The van der Waals surface area contributed by atoms with E-state index >= 15 is 0 Å². The summed E-state index contributed by atoms with van der Waals surface area (Å²) in [5.74, 6) is -0.0499. The third-order valence-electron chi connectivity index (χ3n) is 3.76. The predicted octanol–water partition coefficient (Wildman–Crippen LogP) is 1.23. The molecule has 0 bridgehead atoms. The smallest absolute Gasteiger partial charge is 0.307 e. The minimum atomic E-state index is -3.01. The number of ether oxygens (including phenoxy) is 1.